The molecule has 1 aromatic carbocycles. The SMILES string of the molecule is C#CCCCCNS(=O)(=O)c1ccc(N)cc1C. The van der Waals surface area contributed by atoms with Gasteiger partial charge < -0.3 is 5.73 Å². The molecule has 0 aliphatic carbocycles. The van der Waals surface area contributed by atoms with Gasteiger partial charge in [-0.3, -0.25) is 0 Å². The molecule has 3 N–H and O–H groups in total. The number of nitrogens with one attached hydrogen (secondary N) is 1. The zero-order chi connectivity index (χ0) is 13.6. The molecule has 1 rings (SSSR count). The average Bonchev–Trinajstić information content (AvgIpc) is 2.28. The molecule has 0 aromatic heterocycles. The zero-order valence-corrected chi connectivity index (χ0v) is 11.3. The number of anilines is 1. The number of hydrogen-bond donors (Lipinski definition) is 2. The lowest BCUT2D eigenvalue weighted by atomic mass is 10.2. The fraction of sp³-hybridized carbons (Fsp3) is 0.385. The third-order valence-electron chi connectivity index (χ3n) is 2.53. The van der Waals surface area contributed by atoms with Crippen molar-refractivity contribution in [3.8, 4) is 12.3 Å². The van der Waals surface area contributed by atoms with Crippen molar-refractivity contribution in [3.63, 3.8) is 0 Å². The second-order valence-corrected chi connectivity index (χ2v) is 5.82. The molecular formula is C13H18N2O2S. The van der Waals surface area contributed by atoms with E-state index in [9.17, 15) is 8.42 Å². The molecule has 0 saturated heterocycles. The van der Waals surface area contributed by atoms with Crippen molar-refractivity contribution in [2.24, 2.45) is 0 Å². The molecule has 0 bridgehead atoms. The lowest BCUT2D eigenvalue weighted by Crippen LogP contribution is -2.25. The number of aryl methyl sites for hydroxylation is 1. The van der Waals surface area contributed by atoms with Crippen LogP contribution >= 0.6 is 0 Å². The number of sulfonamides is 1. The van der Waals surface area contributed by atoms with Crippen LogP contribution in [0, 0.1) is 19.3 Å². The van der Waals surface area contributed by atoms with E-state index in [4.69, 9.17) is 12.2 Å². The van der Waals surface area contributed by atoms with Crippen LogP contribution in [0.3, 0.4) is 0 Å². The number of benzene rings is 1. The van der Waals surface area contributed by atoms with E-state index in [1.807, 2.05) is 0 Å². The summed E-state index contributed by atoms with van der Waals surface area (Å²) in [5, 5.41) is 0. The number of nitrogen functional groups attached to an aromatic ring is 1. The van der Waals surface area contributed by atoms with Crippen LogP contribution in [-0.4, -0.2) is 15.0 Å². The summed E-state index contributed by atoms with van der Waals surface area (Å²) < 4.78 is 26.6. The normalized spacial score (nSPS) is 11.1. The summed E-state index contributed by atoms with van der Waals surface area (Å²) in [5.74, 6) is 2.52. The van der Waals surface area contributed by atoms with Crippen molar-refractivity contribution < 1.29 is 8.42 Å². The predicted molar refractivity (Wildman–Crippen MR) is 73.5 cm³/mol. The van der Waals surface area contributed by atoms with Gasteiger partial charge in [0.1, 0.15) is 0 Å². The fourth-order valence-corrected chi connectivity index (χ4v) is 2.91. The standard InChI is InChI=1S/C13H18N2O2S/c1-3-4-5-6-9-15-18(16,17)13-8-7-12(14)10-11(13)2/h1,7-8,10,15H,4-6,9,14H2,2H3. The van der Waals surface area contributed by atoms with Crippen molar-refractivity contribution in [2.45, 2.75) is 31.1 Å². The molecule has 5 heteroatoms. The third-order valence-corrected chi connectivity index (χ3v) is 4.15. The van der Waals surface area contributed by atoms with Crippen molar-refractivity contribution >= 4 is 15.7 Å². The molecule has 0 saturated carbocycles. The average molecular weight is 266 g/mol. The van der Waals surface area contributed by atoms with Crippen LogP contribution in [0.5, 0.6) is 0 Å². The quantitative estimate of drug-likeness (QED) is 0.467. The van der Waals surface area contributed by atoms with Gasteiger partial charge in [0.15, 0.2) is 0 Å². The highest BCUT2D eigenvalue weighted by Gasteiger charge is 2.15. The second-order valence-electron chi connectivity index (χ2n) is 4.08. The number of nitrogens with two attached hydrogens (primary N) is 1. The van der Waals surface area contributed by atoms with E-state index in [0.717, 1.165) is 12.8 Å². The number of terminal acetylenes is 1. The summed E-state index contributed by atoms with van der Waals surface area (Å²) in [6.45, 7) is 2.12. The van der Waals surface area contributed by atoms with Crippen molar-refractivity contribution in [1.29, 1.82) is 0 Å². The van der Waals surface area contributed by atoms with Gasteiger partial charge in [0.25, 0.3) is 0 Å². The monoisotopic (exact) mass is 266 g/mol. The molecule has 0 spiro atoms. The Labute approximate surface area is 109 Å². The van der Waals surface area contributed by atoms with Crippen LogP contribution in [-0.2, 0) is 10.0 Å². The topological polar surface area (TPSA) is 72.2 Å². The van der Waals surface area contributed by atoms with Gasteiger partial charge >= 0.3 is 0 Å². The molecule has 0 atom stereocenters. The van der Waals surface area contributed by atoms with Gasteiger partial charge in [-0.05, 0) is 43.5 Å². The first kappa shape index (κ1) is 14.6. The Morgan fingerprint density at radius 1 is 1.39 bits per heavy atom. The minimum Gasteiger partial charge on any atom is -0.399 e. The number of rotatable bonds is 6. The molecule has 4 nitrogen and oxygen atoms in total. The smallest absolute Gasteiger partial charge is 0.240 e. The van der Waals surface area contributed by atoms with Gasteiger partial charge in [-0.15, -0.1) is 12.3 Å². The fourth-order valence-electron chi connectivity index (χ4n) is 1.61. The maximum atomic E-state index is 12.0. The molecule has 0 aliphatic heterocycles. The Kier molecular flexibility index (Phi) is 5.20. The largest absolute Gasteiger partial charge is 0.399 e. The summed E-state index contributed by atoms with van der Waals surface area (Å²) in [4.78, 5) is 0.272. The third kappa shape index (κ3) is 4.06. The first-order chi connectivity index (χ1) is 8.47. The van der Waals surface area contributed by atoms with Gasteiger partial charge in [0, 0.05) is 18.7 Å². The van der Waals surface area contributed by atoms with E-state index in [1.165, 1.54) is 6.07 Å². The maximum Gasteiger partial charge on any atom is 0.240 e. The molecule has 0 amide bonds. The minimum absolute atomic E-state index is 0.272. The molecule has 98 valence electrons. The molecule has 18 heavy (non-hydrogen) atoms. The summed E-state index contributed by atoms with van der Waals surface area (Å²) in [6, 6.07) is 4.75. The van der Waals surface area contributed by atoms with E-state index >= 15 is 0 Å². The lowest BCUT2D eigenvalue weighted by Gasteiger charge is -2.09. The van der Waals surface area contributed by atoms with Gasteiger partial charge in [0.2, 0.25) is 10.0 Å². The number of hydrogen-bond acceptors (Lipinski definition) is 3. The Hall–Kier alpha value is -1.51. The van der Waals surface area contributed by atoms with E-state index in [-0.39, 0.29) is 4.90 Å². The summed E-state index contributed by atoms with van der Waals surface area (Å²) in [5.41, 5.74) is 6.79. The first-order valence-electron chi connectivity index (χ1n) is 5.76. The van der Waals surface area contributed by atoms with Crippen LogP contribution in [0.1, 0.15) is 24.8 Å². The molecular weight excluding hydrogens is 248 g/mol. The van der Waals surface area contributed by atoms with Crippen LogP contribution in [0.15, 0.2) is 23.1 Å². The Morgan fingerprint density at radius 2 is 2.11 bits per heavy atom. The predicted octanol–water partition coefficient (Wildman–Crippen LogP) is 1.66. The molecule has 0 radical (unpaired) electrons. The Bertz CT molecular complexity index is 545. The van der Waals surface area contributed by atoms with Crippen LogP contribution in [0.25, 0.3) is 0 Å². The van der Waals surface area contributed by atoms with Crippen LogP contribution in [0.4, 0.5) is 5.69 Å². The van der Waals surface area contributed by atoms with Crippen LogP contribution < -0.4 is 10.5 Å². The second kappa shape index (κ2) is 6.43. The highest BCUT2D eigenvalue weighted by Crippen LogP contribution is 2.17. The van der Waals surface area contributed by atoms with Gasteiger partial charge in [-0.1, -0.05) is 0 Å². The first-order valence-corrected chi connectivity index (χ1v) is 7.25. The van der Waals surface area contributed by atoms with Gasteiger partial charge in [-0.25, -0.2) is 13.1 Å². The summed E-state index contributed by atoms with van der Waals surface area (Å²) in [7, 11) is -3.45. The van der Waals surface area contributed by atoms with E-state index in [2.05, 4.69) is 10.6 Å². The molecule has 0 fully saturated rings. The van der Waals surface area contributed by atoms with E-state index < -0.39 is 10.0 Å². The molecule has 0 unspecified atom stereocenters. The van der Waals surface area contributed by atoms with E-state index in [1.54, 1.807) is 19.1 Å². The highest BCUT2D eigenvalue weighted by atomic mass is 32.2. The zero-order valence-electron chi connectivity index (χ0n) is 10.4. The van der Waals surface area contributed by atoms with Crippen LogP contribution in [0.2, 0.25) is 0 Å². The van der Waals surface area contributed by atoms with Crippen molar-refractivity contribution in [1.82, 2.24) is 4.72 Å². The van der Waals surface area contributed by atoms with Crippen molar-refractivity contribution in [3.05, 3.63) is 23.8 Å². The summed E-state index contributed by atoms with van der Waals surface area (Å²) in [6.07, 6.45) is 7.34. The number of unbranched alkanes of at least 4 members (excludes halogenated alkanes) is 2. The van der Waals surface area contributed by atoms with Gasteiger partial charge in [-0.2, -0.15) is 0 Å². The summed E-state index contributed by atoms with van der Waals surface area (Å²) >= 11 is 0. The molecule has 1 aromatic rings. The van der Waals surface area contributed by atoms with E-state index in [0.29, 0.717) is 24.2 Å². The maximum absolute atomic E-state index is 12.0. The lowest BCUT2D eigenvalue weighted by molar-refractivity contribution is 0.577. The molecule has 0 aliphatic rings. The Balaban J connectivity index is 2.66. The highest BCUT2D eigenvalue weighted by molar-refractivity contribution is 7.89. The Morgan fingerprint density at radius 3 is 2.72 bits per heavy atom. The van der Waals surface area contributed by atoms with Gasteiger partial charge in [0.05, 0.1) is 4.90 Å². The minimum atomic E-state index is -3.45. The molecule has 0 heterocycles. The van der Waals surface area contributed by atoms with Crippen molar-refractivity contribution in [2.75, 3.05) is 12.3 Å².